The van der Waals surface area contributed by atoms with Crippen LogP contribution in [0, 0.1) is 13.8 Å². The molecule has 2 aliphatic heterocycles. The predicted molar refractivity (Wildman–Crippen MR) is 136 cm³/mol. The first-order chi connectivity index (χ1) is 17.0. The molecule has 0 saturated carbocycles. The second-order valence-corrected chi connectivity index (χ2v) is 9.26. The highest BCUT2D eigenvalue weighted by Gasteiger charge is 2.44. The fourth-order valence-electron chi connectivity index (χ4n) is 5.07. The summed E-state index contributed by atoms with van der Waals surface area (Å²) in [5, 5.41) is 0. The molecule has 3 aromatic carbocycles. The zero-order valence-electron chi connectivity index (χ0n) is 20.1. The highest BCUT2D eigenvalue weighted by atomic mass is 16.2. The van der Waals surface area contributed by atoms with Gasteiger partial charge >= 0.3 is 0 Å². The Morgan fingerprint density at radius 1 is 0.771 bits per heavy atom. The number of aryl methyl sites for hydroxylation is 1. The Hall–Kier alpha value is -3.93. The van der Waals surface area contributed by atoms with Gasteiger partial charge < -0.3 is 9.80 Å². The van der Waals surface area contributed by atoms with Crippen LogP contribution < -0.4 is 4.90 Å². The Bertz CT molecular complexity index is 1240. The first-order valence-electron chi connectivity index (χ1n) is 12.1. The molecule has 6 nitrogen and oxygen atoms in total. The second-order valence-electron chi connectivity index (χ2n) is 9.26. The normalized spacial score (nSPS) is 16.5. The topological polar surface area (TPSA) is 60.9 Å². The molecule has 0 spiro atoms. The van der Waals surface area contributed by atoms with Gasteiger partial charge in [0, 0.05) is 38.3 Å². The second kappa shape index (κ2) is 9.37. The van der Waals surface area contributed by atoms with Crippen LogP contribution in [0.1, 0.15) is 37.4 Å². The number of amides is 3. The van der Waals surface area contributed by atoms with Crippen molar-refractivity contribution in [2.24, 2.45) is 0 Å². The Balaban J connectivity index is 1.39. The van der Waals surface area contributed by atoms with Gasteiger partial charge in [-0.25, -0.2) is 0 Å². The van der Waals surface area contributed by atoms with Gasteiger partial charge in [-0.3, -0.25) is 19.3 Å². The molecule has 5 rings (SSSR count). The van der Waals surface area contributed by atoms with Crippen LogP contribution in [-0.2, 0) is 11.2 Å². The summed E-state index contributed by atoms with van der Waals surface area (Å²) in [6, 6.07) is 21.8. The van der Waals surface area contributed by atoms with E-state index in [0.717, 1.165) is 5.56 Å². The molecule has 2 heterocycles. The first-order valence-corrected chi connectivity index (χ1v) is 12.1. The number of carbonyl (C=O) groups excluding carboxylic acids is 3. The molecule has 3 aromatic rings. The number of nitrogens with zero attached hydrogens (tertiary/aromatic N) is 3. The summed E-state index contributed by atoms with van der Waals surface area (Å²) >= 11 is 0. The fourth-order valence-corrected chi connectivity index (χ4v) is 5.07. The lowest BCUT2D eigenvalue weighted by Crippen LogP contribution is -2.56. The van der Waals surface area contributed by atoms with Gasteiger partial charge in [-0.2, -0.15) is 0 Å². The minimum atomic E-state index is -0.878. The molecular formula is C29H29N3O3. The van der Waals surface area contributed by atoms with Crippen molar-refractivity contribution in [2.45, 2.75) is 26.3 Å². The molecule has 178 valence electrons. The van der Waals surface area contributed by atoms with Gasteiger partial charge in [0.25, 0.3) is 11.8 Å². The summed E-state index contributed by atoms with van der Waals surface area (Å²) < 4.78 is 0. The minimum absolute atomic E-state index is 0.177. The van der Waals surface area contributed by atoms with Crippen molar-refractivity contribution in [3.63, 3.8) is 0 Å². The van der Waals surface area contributed by atoms with Crippen LogP contribution >= 0.6 is 0 Å². The summed E-state index contributed by atoms with van der Waals surface area (Å²) in [6.07, 6.45) is 0.294. The Morgan fingerprint density at radius 2 is 1.37 bits per heavy atom. The monoisotopic (exact) mass is 467 g/mol. The summed E-state index contributed by atoms with van der Waals surface area (Å²) in [7, 11) is 0. The van der Waals surface area contributed by atoms with Gasteiger partial charge in [0.05, 0.1) is 11.1 Å². The quantitative estimate of drug-likeness (QED) is 0.535. The summed E-state index contributed by atoms with van der Waals surface area (Å²) in [5.41, 5.74) is 5.33. The Labute approximate surface area is 205 Å². The van der Waals surface area contributed by atoms with Crippen LogP contribution in [0.2, 0.25) is 0 Å². The number of rotatable bonds is 5. The number of anilines is 1. The molecule has 0 aromatic heterocycles. The number of piperazine rings is 1. The van der Waals surface area contributed by atoms with Crippen molar-refractivity contribution in [3.8, 4) is 0 Å². The summed E-state index contributed by atoms with van der Waals surface area (Å²) in [5.74, 6) is -0.966. The molecule has 6 heteroatoms. The third-order valence-electron chi connectivity index (χ3n) is 7.20. The third-order valence-corrected chi connectivity index (χ3v) is 7.20. The van der Waals surface area contributed by atoms with Gasteiger partial charge in [0.2, 0.25) is 5.91 Å². The van der Waals surface area contributed by atoms with Gasteiger partial charge in [-0.15, -0.1) is 0 Å². The molecule has 1 unspecified atom stereocenters. The van der Waals surface area contributed by atoms with E-state index in [1.54, 1.807) is 29.2 Å². The number of imide groups is 1. The van der Waals surface area contributed by atoms with Gasteiger partial charge in [0.1, 0.15) is 6.04 Å². The maximum Gasteiger partial charge on any atom is 0.262 e. The molecule has 0 bridgehead atoms. The van der Waals surface area contributed by atoms with Gasteiger partial charge in [-0.1, -0.05) is 54.6 Å². The average Bonchev–Trinajstić information content (AvgIpc) is 3.14. The van der Waals surface area contributed by atoms with Gasteiger partial charge in [-0.05, 0) is 48.7 Å². The lowest BCUT2D eigenvalue weighted by atomic mass is 10.0. The van der Waals surface area contributed by atoms with Crippen molar-refractivity contribution in [1.82, 2.24) is 9.80 Å². The lowest BCUT2D eigenvalue weighted by Gasteiger charge is -2.39. The Kier molecular flexibility index (Phi) is 6.12. The number of fused-ring (bicyclic) bond motifs is 1. The van der Waals surface area contributed by atoms with Crippen molar-refractivity contribution in [1.29, 1.82) is 0 Å². The summed E-state index contributed by atoms with van der Waals surface area (Å²) in [4.78, 5) is 45.7. The van der Waals surface area contributed by atoms with E-state index >= 15 is 0 Å². The highest BCUT2D eigenvalue weighted by molar-refractivity contribution is 6.22. The molecule has 35 heavy (non-hydrogen) atoms. The van der Waals surface area contributed by atoms with Crippen molar-refractivity contribution in [3.05, 3.63) is 101 Å². The zero-order chi connectivity index (χ0) is 24.5. The fraction of sp³-hybridized carbons (Fsp3) is 0.276. The third kappa shape index (κ3) is 4.20. The lowest BCUT2D eigenvalue weighted by molar-refractivity contribution is -0.135. The summed E-state index contributed by atoms with van der Waals surface area (Å²) in [6.45, 7) is 6.73. The first kappa shape index (κ1) is 22.8. The maximum atomic E-state index is 13.9. The number of hydrogen-bond acceptors (Lipinski definition) is 4. The largest absolute Gasteiger partial charge is 0.368 e. The van der Waals surface area contributed by atoms with E-state index in [1.165, 1.54) is 21.7 Å². The van der Waals surface area contributed by atoms with Crippen LogP contribution in [-0.4, -0.2) is 59.7 Å². The van der Waals surface area contributed by atoms with Crippen LogP contribution in [0.15, 0.2) is 72.8 Å². The molecule has 1 saturated heterocycles. The molecule has 1 atom stereocenters. The van der Waals surface area contributed by atoms with E-state index in [0.29, 0.717) is 43.7 Å². The zero-order valence-corrected chi connectivity index (χ0v) is 20.1. The van der Waals surface area contributed by atoms with E-state index in [9.17, 15) is 14.4 Å². The van der Waals surface area contributed by atoms with Crippen LogP contribution in [0.4, 0.5) is 5.69 Å². The van der Waals surface area contributed by atoms with Crippen molar-refractivity contribution >= 4 is 23.4 Å². The molecule has 1 fully saturated rings. The number of benzene rings is 3. The molecular weight excluding hydrogens is 438 g/mol. The SMILES string of the molecule is Cc1cccc(N2CCN(C(=O)C(Cc3ccccc3)N3C(=O)c4ccccc4C3=O)CC2)c1C. The van der Waals surface area contributed by atoms with E-state index in [1.807, 2.05) is 30.3 Å². The van der Waals surface area contributed by atoms with Crippen LogP contribution in [0.3, 0.4) is 0 Å². The minimum Gasteiger partial charge on any atom is -0.368 e. The van der Waals surface area contributed by atoms with Crippen molar-refractivity contribution in [2.75, 3.05) is 31.1 Å². The molecule has 0 aliphatic carbocycles. The maximum absolute atomic E-state index is 13.9. The van der Waals surface area contributed by atoms with Gasteiger partial charge in [0.15, 0.2) is 0 Å². The standard InChI is InChI=1S/C29H29N3O3/c1-20-9-8-14-25(21(20)2)30-15-17-31(18-16-30)29(35)26(19-22-10-4-3-5-11-22)32-27(33)23-12-6-7-13-24(23)28(32)34/h3-14,26H,15-19H2,1-2H3. The Morgan fingerprint density at radius 3 is 2.00 bits per heavy atom. The molecule has 2 aliphatic rings. The van der Waals surface area contributed by atoms with Crippen LogP contribution in [0.5, 0.6) is 0 Å². The number of carbonyl (C=O) groups is 3. The average molecular weight is 468 g/mol. The predicted octanol–water partition coefficient (Wildman–Crippen LogP) is 3.86. The highest BCUT2D eigenvalue weighted by Crippen LogP contribution is 2.28. The van der Waals surface area contributed by atoms with E-state index in [-0.39, 0.29) is 5.91 Å². The van der Waals surface area contributed by atoms with Crippen LogP contribution in [0.25, 0.3) is 0 Å². The van der Waals surface area contributed by atoms with Crippen molar-refractivity contribution < 1.29 is 14.4 Å². The van der Waals surface area contributed by atoms with E-state index < -0.39 is 17.9 Å². The smallest absolute Gasteiger partial charge is 0.262 e. The van der Waals surface area contributed by atoms with E-state index in [4.69, 9.17) is 0 Å². The van der Waals surface area contributed by atoms with E-state index in [2.05, 4.69) is 36.9 Å². The molecule has 3 amide bonds. The molecule has 0 N–H and O–H groups in total. The molecule has 0 radical (unpaired) electrons. The number of hydrogen-bond donors (Lipinski definition) is 0.